The van der Waals surface area contributed by atoms with Crippen LogP contribution in [0.5, 0.6) is 0 Å². The molecule has 0 rings (SSSR count). The van der Waals surface area contributed by atoms with Crippen LogP contribution < -0.4 is 0 Å². The van der Waals surface area contributed by atoms with Gasteiger partial charge in [0.2, 0.25) is 0 Å². The first-order valence-corrected chi connectivity index (χ1v) is 12.7. The Bertz CT molecular complexity index is 491. The normalized spacial score (nSPS) is 14.3. The van der Waals surface area contributed by atoms with E-state index in [9.17, 15) is 14.5 Å². The predicted octanol–water partition coefficient (Wildman–Crippen LogP) is 4.92. The number of phosphoric acid groups is 1. The fourth-order valence-corrected chi connectivity index (χ4v) is 3.42. The van der Waals surface area contributed by atoms with E-state index in [-0.39, 0.29) is 6.42 Å². The van der Waals surface area contributed by atoms with Gasteiger partial charge in [0.05, 0.1) is 6.61 Å². The van der Waals surface area contributed by atoms with Gasteiger partial charge in [-0.15, -0.1) is 0 Å². The number of aliphatic hydroxyl groups excluding tert-OH is 1. The highest BCUT2D eigenvalue weighted by atomic mass is 31.2. The monoisotopic (exact) mass is 452 g/mol. The fraction of sp³-hybridized carbons (Fsp3) is 0.857. The first kappa shape index (κ1) is 29.4. The number of carbonyl (C=O) groups is 1. The molecule has 178 valence electrons. The van der Waals surface area contributed by atoms with Crippen LogP contribution in [0, 0.1) is 0 Å². The van der Waals surface area contributed by atoms with E-state index < -0.39 is 32.4 Å². The average molecular weight is 453 g/mol. The molecule has 0 aromatic heterocycles. The molecule has 30 heavy (non-hydrogen) atoms. The summed E-state index contributed by atoms with van der Waals surface area (Å²) in [6, 6.07) is 0. The first-order valence-electron chi connectivity index (χ1n) is 11.2. The summed E-state index contributed by atoms with van der Waals surface area (Å²) in [5, 5.41) is 18.5. The van der Waals surface area contributed by atoms with E-state index in [0.717, 1.165) is 38.5 Å². The van der Waals surface area contributed by atoms with Crippen molar-refractivity contribution < 1.29 is 38.9 Å². The minimum atomic E-state index is -4.77. The number of Topliss-reactive ketones (excluding diaryl/α,β-unsaturated/α-hetero) is 1. The third-order valence-corrected chi connectivity index (χ3v) is 5.39. The number of aliphatic hydroxyl groups is 1. The molecule has 0 aliphatic carbocycles. The molecule has 1 unspecified atom stereocenters. The lowest BCUT2D eigenvalue weighted by Gasteiger charge is -2.19. The molecule has 0 aromatic rings. The molecule has 9 heteroatoms. The van der Waals surface area contributed by atoms with Crippen molar-refractivity contribution >= 4 is 13.6 Å². The van der Waals surface area contributed by atoms with Crippen molar-refractivity contribution in [2.24, 2.45) is 0 Å². The minimum absolute atomic E-state index is 0.106. The van der Waals surface area contributed by atoms with Gasteiger partial charge in [-0.3, -0.25) is 14.6 Å². The number of unbranched alkanes of at least 4 members (excludes halogenated alkanes) is 11. The molecule has 0 saturated carbocycles. The zero-order valence-electron chi connectivity index (χ0n) is 18.3. The third-order valence-electron chi connectivity index (χ3n) is 4.91. The van der Waals surface area contributed by atoms with Crippen molar-refractivity contribution in [2.75, 3.05) is 6.61 Å². The van der Waals surface area contributed by atoms with Crippen LogP contribution in [0.3, 0.4) is 0 Å². The molecule has 0 amide bonds. The molecule has 0 heterocycles. The Hall–Kier alpha value is -0.600. The van der Waals surface area contributed by atoms with E-state index in [2.05, 4.69) is 28.5 Å². The Kier molecular flexibility index (Phi) is 18.7. The van der Waals surface area contributed by atoms with Gasteiger partial charge in [-0.1, -0.05) is 70.4 Å². The molecule has 4 N–H and O–H groups in total. The van der Waals surface area contributed by atoms with Crippen molar-refractivity contribution in [2.45, 2.75) is 109 Å². The standard InChI is InChI=1S/C21H41O8P/c1-2-3-4-5-6-7-8-9-10-11-12-13-14-15-16-17-19(22)21(23)20(29-24)18-28-30(25,26)27/h9-10,20-21,23-24H,2-8,11-18H2,1H3,(H2,25,26,27)/b10-9-/t20-,21?/m0/s1. The van der Waals surface area contributed by atoms with E-state index in [4.69, 9.17) is 15.0 Å². The topological polar surface area (TPSA) is 134 Å². The highest BCUT2D eigenvalue weighted by molar-refractivity contribution is 7.46. The zero-order valence-corrected chi connectivity index (χ0v) is 19.2. The Balaban J connectivity index is 3.65. The van der Waals surface area contributed by atoms with Crippen LogP contribution in [-0.4, -0.2) is 44.7 Å². The molecule has 2 atom stereocenters. The van der Waals surface area contributed by atoms with E-state index in [1.165, 1.54) is 38.5 Å². The summed E-state index contributed by atoms with van der Waals surface area (Å²) in [5.41, 5.74) is 0. The number of rotatable bonds is 21. The van der Waals surface area contributed by atoms with Crippen LogP contribution >= 0.6 is 7.82 Å². The Morgan fingerprint density at radius 1 is 0.900 bits per heavy atom. The summed E-state index contributed by atoms with van der Waals surface area (Å²) in [6.45, 7) is 1.44. The highest BCUT2D eigenvalue weighted by Crippen LogP contribution is 2.36. The molecule has 0 aromatic carbocycles. The second-order valence-electron chi connectivity index (χ2n) is 7.68. The van der Waals surface area contributed by atoms with Gasteiger partial charge in [-0.25, -0.2) is 9.45 Å². The van der Waals surface area contributed by atoms with E-state index in [1.807, 2.05) is 0 Å². The molecule has 0 aliphatic heterocycles. The number of carbonyl (C=O) groups excluding carboxylic acids is 1. The van der Waals surface area contributed by atoms with Crippen molar-refractivity contribution in [1.29, 1.82) is 0 Å². The van der Waals surface area contributed by atoms with Crippen molar-refractivity contribution in [3.05, 3.63) is 12.2 Å². The second kappa shape index (κ2) is 19.1. The number of hydrogen-bond acceptors (Lipinski definition) is 6. The van der Waals surface area contributed by atoms with Crippen molar-refractivity contribution in [3.63, 3.8) is 0 Å². The largest absolute Gasteiger partial charge is 0.469 e. The molecular formula is C21H41O8P. The molecule has 0 spiro atoms. The van der Waals surface area contributed by atoms with Crippen LogP contribution in [0.2, 0.25) is 0 Å². The second-order valence-corrected chi connectivity index (χ2v) is 8.91. The first-order chi connectivity index (χ1) is 14.3. The number of ketones is 1. The van der Waals surface area contributed by atoms with E-state index >= 15 is 0 Å². The van der Waals surface area contributed by atoms with Crippen molar-refractivity contribution in [1.82, 2.24) is 0 Å². The number of hydrogen-bond donors (Lipinski definition) is 4. The van der Waals surface area contributed by atoms with Gasteiger partial charge in [0.1, 0.15) is 12.2 Å². The van der Waals surface area contributed by atoms with Crippen molar-refractivity contribution in [3.8, 4) is 0 Å². The maximum atomic E-state index is 11.9. The Labute approximate surface area is 180 Å². The summed E-state index contributed by atoms with van der Waals surface area (Å²) >= 11 is 0. The van der Waals surface area contributed by atoms with Crippen LogP contribution in [0.4, 0.5) is 0 Å². The molecular weight excluding hydrogens is 411 g/mol. The maximum Gasteiger partial charge on any atom is 0.469 e. The van der Waals surface area contributed by atoms with Crippen LogP contribution in [0.25, 0.3) is 0 Å². The minimum Gasteiger partial charge on any atom is -0.382 e. The lowest BCUT2D eigenvalue weighted by atomic mass is 10.0. The van der Waals surface area contributed by atoms with Crippen LogP contribution in [0.1, 0.15) is 96.8 Å². The molecule has 0 bridgehead atoms. The fourth-order valence-electron chi connectivity index (χ4n) is 3.07. The Morgan fingerprint density at radius 2 is 1.40 bits per heavy atom. The summed E-state index contributed by atoms with van der Waals surface area (Å²) < 4.78 is 14.8. The molecule has 0 aliphatic rings. The lowest BCUT2D eigenvalue weighted by molar-refractivity contribution is -0.298. The van der Waals surface area contributed by atoms with Gasteiger partial charge >= 0.3 is 7.82 Å². The van der Waals surface area contributed by atoms with Gasteiger partial charge in [-0.05, 0) is 32.1 Å². The average Bonchev–Trinajstić information content (AvgIpc) is 2.70. The highest BCUT2D eigenvalue weighted by Gasteiger charge is 2.29. The quantitative estimate of drug-likeness (QED) is 0.0634. The maximum absolute atomic E-state index is 11.9. The summed E-state index contributed by atoms with van der Waals surface area (Å²) in [5.74, 6) is -0.555. The summed E-state index contributed by atoms with van der Waals surface area (Å²) in [6.07, 6.45) is 16.2. The molecule has 0 fully saturated rings. The zero-order chi connectivity index (χ0) is 22.7. The summed E-state index contributed by atoms with van der Waals surface area (Å²) in [4.78, 5) is 33.0. The molecule has 0 radical (unpaired) electrons. The summed E-state index contributed by atoms with van der Waals surface area (Å²) in [7, 11) is -4.77. The van der Waals surface area contributed by atoms with Crippen LogP contribution in [0.15, 0.2) is 12.2 Å². The Morgan fingerprint density at radius 3 is 1.90 bits per heavy atom. The number of phosphoric ester groups is 1. The third kappa shape index (κ3) is 18.2. The predicted molar refractivity (Wildman–Crippen MR) is 116 cm³/mol. The van der Waals surface area contributed by atoms with E-state index in [1.54, 1.807) is 0 Å². The molecule has 8 nitrogen and oxygen atoms in total. The van der Waals surface area contributed by atoms with E-state index in [0.29, 0.717) is 6.42 Å². The number of allylic oxidation sites excluding steroid dienone is 2. The SMILES string of the molecule is CCCCCCCC/C=C\CCCCCCCC(=O)C(O)[C@H](COP(=O)(O)O)OO. The van der Waals surface area contributed by atoms with Crippen LogP contribution in [-0.2, 0) is 18.8 Å². The smallest absolute Gasteiger partial charge is 0.382 e. The van der Waals surface area contributed by atoms with Gasteiger partial charge in [0, 0.05) is 6.42 Å². The van der Waals surface area contributed by atoms with Gasteiger partial charge in [0.25, 0.3) is 0 Å². The van der Waals surface area contributed by atoms with Gasteiger partial charge < -0.3 is 14.9 Å². The lowest BCUT2D eigenvalue weighted by Crippen LogP contribution is -2.38. The van der Waals surface area contributed by atoms with Gasteiger partial charge in [0.15, 0.2) is 5.78 Å². The molecule has 0 saturated heterocycles. The van der Waals surface area contributed by atoms with Gasteiger partial charge in [-0.2, -0.15) is 0 Å².